The van der Waals surface area contributed by atoms with Crippen LogP contribution in [-0.4, -0.2) is 11.5 Å². The highest BCUT2D eigenvalue weighted by molar-refractivity contribution is 7.13. The Kier molecular flexibility index (Phi) is 4.53. The molecule has 1 heterocycles. The summed E-state index contributed by atoms with van der Waals surface area (Å²) >= 11 is 1.62. The molecule has 0 saturated carbocycles. The summed E-state index contributed by atoms with van der Waals surface area (Å²) in [6.45, 7) is 4.16. The monoisotopic (exact) mass is 248 g/mol. The lowest BCUT2D eigenvalue weighted by Gasteiger charge is -2.01. The number of rotatable bonds is 6. The molecular weight excluding hydrogens is 232 g/mol. The molecule has 0 fully saturated rings. The fraction of sp³-hybridized carbons (Fsp3) is 0.308. The smallest absolute Gasteiger partial charge is 0.182 e. The molecule has 0 spiro atoms. The molecule has 0 aliphatic rings. The van der Waals surface area contributed by atoms with E-state index in [1.54, 1.807) is 11.3 Å². The highest BCUT2D eigenvalue weighted by Gasteiger charge is 2.01. The molecule has 0 bridgehead atoms. The Labute approximate surface area is 105 Å². The molecule has 0 radical (unpaired) electrons. The van der Waals surface area contributed by atoms with Crippen LogP contribution in [0.4, 0.5) is 5.13 Å². The van der Waals surface area contributed by atoms with E-state index < -0.39 is 0 Å². The summed E-state index contributed by atoms with van der Waals surface area (Å²) in [6, 6.07) is 10.2. The molecule has 1 aromatic carbocycles. The van der Waals surface area contributed by atoms with E-state index in [9.17, 15) is 0 Å². The lowest BCUT2D eigenvalue weighted by atomic mass is 10.2. The first-order valence-electron chi connectivity index (χ1n) is 5.68. The van der Waals surface area contributed by atoms with Gasteiger partial charge < -0.3 is 10.1 Å². The van der Waals surface area contributed by atoms with E-state index in [4.69, 9.17) is 4.74 Å². The third kappa shape index (κ3) is 3.84. The minimum absolute atomic E-state index is 0.566. The number of ether oxygens (including phenoxy) is 1. The van der Waals surface area contributed by atoms with Crippen molar-refractivity contribution in [2.75, 3.05) is 11.9 Å². The van der Waals surface area contributed by atoms with Crippen LogP contribution in [0, 0.1) is 0 Å². The summed E-state index contributed by atoms with van der Waals surface area (Å²) in [5.74, 6) is 0. The highest BCUT2D eigenvalue weighted by atomic mass is 32.1. The summed E-state index contributed by atoms with van der Waals surface area (Å²) < 4.78 is 5.61. The topological polar surface area (TPSA) is 34.2 Å². The Balaban J connectivity index is 1.78. The lowest BCUT2D eigenvalue weighted by Crippen LogP contribution is -1.97. The van der Waals surface area contributed by atoms with Gasteiger partial charge in [-0.1, -0.05) is 30.3 Å². The molecule has 0 unspecified atom stereocenters. The molecule has 2 rings (SSSR count). The number of anilines is 1. The van der Waals surface area contributed by atoms with Crippen LogP contribution >= 0.6 is 11.3 Å². The normalized spacial score (nSPS) is 10.4. The largest absolute Gasteiger partial charge is 0.370 e. The van der Waals surface area contributed by atoms with Crippen LogP contribution in [0.5, 0.6) is 0 Å². The van der Waals surface area contributed by atoms with E-state index in [1.165, 1.54) is 5.56 Å². The third-order valence-electron chi connectivity index (χ3n) is 2.24. The lowest BCUT2D eigenvalue weighted by molar-refractivity contribution is 0.105. The minimum atomic E-state index is 0.566. The minimum Gasteiger partial charge on any atom is -0.370 e. The Bertz CT molecular complexity index is 442. The van der Waals surface area contributed by atoms with Gasteiger partial charge in [0, 0.05) is 11.9 Å². The van der Waals surface area contributed by atoms with Gasteiger partial charge in [0.1, 0.15) is 0 Å². The van der Waals surface area contributed by atoms with Crippen LogP contribution in [-0.2, 0) is 18.0 Å². The van der Waals surface area contributed by atoms with Gasteiger partial charge in [-0.05, 0) is 12.5 Å². The molecule has 0 aliphatic carbocycles. The van der Waals surface area contributed by atoms with Gasteiger partial charge in [0.05, 0.1) is 18.9 Å². The van der Waals surface area contributed by atoms with E-state index in [0.717, 1.165) is 17.4 Å². The number of hydrogen-bond acceptors (Lipinski definition) is 4. The maximum atomic E-state index is 5.61. The maximum Gasteiger partial charge on any atom is 0.182 e. The second-order valence-corrected chi connectivity index (χ2v) is 4.51. The average Bonchev–Trinajstić information content (AvgIpc) is 2.79. The fourth-order valence-electron chi connectivity index (χ4n) is 1.45. The third-order valence-corrected chi connectivity index (χ3v) is 3.09. The fourth-order valence-corrected chi connectivity index (χ4v) is 2.22. The Morgan fingerprint density at radius 2 is 2.06 bits per heavy atom. The summed E-state index contributed by atoms with van der Waals surface area (Å²) in [7, 11) is 0. The molecule has 1 N–H and O–H groups in total. The zero-order chi connectivity index (χ0) is 11.9. The molecule has 4 heteroatoms. The number of aromatic nitrogens is 1. The van der Waals surface area contributed by atoms with Crippen molar-refractivity contribution in [2.24, 2.45) is 0 Å². The van der Waals surface area contributed by atoms with E-state index >= 15 is 0 Å². The van der Waals surface area contributed by atoms with Gasteiger partial charge in [0.15, 0.2) is 5.13 Å². The van der Waals surface area contributed by atoms with E-state index in [1.807, 2.05) is 23.6 Å². The first-order chi connectivity index (χ1) is 8.38. The summed E-state index contributed by atoms with van der Waals surface area (Å²) in [5, 5.41) is 6.18. The Hall–Kier alpha value is -1.39. The molecule has 0 amide bonds. The molecule has 3 nitrogen and oxygen atoms in total. The SMILES string of the molecule is CCNc1nc(COCc2ccccc2)cs1. The van der Waals surface area contributed by atoms with E-state index in [-0.39, 0.29) is 0 Å². The van der Waals surface area contributed by atoms with E-state index in [2.05, 4.69) is 29.4 Å². The molecule has 17 heavy (non-hydrogen) atoms. The van der Waals surface area contributed by atoms with Crippen molar-refractivity contribution >= 4 is 16.5 Å². The van der Waals surface area contributed by atoms with Crippen LogP contribution in [0.3, 0.4) is 0 Å². The number of nitrogens with zero attached hydrogens (tertiary/aromatic N) is 1. The second kappa shape index (κ2) is 6.37. The van der Waals surface area contributed by atoms with Gasteiger partial charge >= 0.3 is 0 Å². The number of hydrogen-bond donors (Lipinski definition) is 1. The molecule has 90 valence electrons. The quantitative estimate of drug-likeness (QED) is 0.851. The van der Waals surface area contributed by atoms with Crippen molar-refractivity contribution < 1.29 is 4.74 Å². The van der Waals surface area contributed by atoms with Crippen molar-refractivity contribution in [2.45, 2.75) is 20.1 Å². The van der Waals surface area contributed by atoms with E-state index in [0.29, 0.717) is 13.2 Å². The molecule has 0 saturated heterocycles. The van der Waals surface area contributed by atoms with Gasteiger partial charge in [-0.3, -0.25) is 0 Å². The second-order valence-electron chi connectivity index (χ2n) is 3.65. The average molecular weight is 248 g/mol. The van der Waals surface area contributed by atoms with Crippen LogP contribution in [0.1, 0.15) is 18.2 Å². The van der Waals surface area contributed by atoms with Crippen LogP contribution in [0.2, 0.25) is 0 Å². The van der Waals surface area contributed by atoms with Crippen molar-refractivity contribution in [3.05, 3.63) is 47.0 Å². The first kappa shape index (κ1) is 12.1. The first-order valence-corrected chi connectivity index (χ1v) is 6.56. The van der Waals surface area contributed by atoms with Crippen molar-refractivity contribution in [3.8, 4) is 0 Å². The predicted octanol–water partition coefficient (Wildman–Crippen LogP) is 3.29. The number of thiazole rings is 1. The molecule has 0 atom stereocenters. The molecule has 2 aromatic rings. The summed E-state index contributed by atoms with van der Waals surface area (Å²) in [6.07, 6.45) is 0. The number of benzene rings is 1. The maximum absolute atomic E-state index is 5.61. The van der Waals surface area contributed by atoms with Gasteiger partial charge in [0.2, 0.25) is 0 Å². The summed E-state index contributed by atoms with van der Waals surface area (Å²) in [4.78, 5) is 4.41. The molecule has 0 aliphatic heterocycles. The number of nitrogens with one attached hydrogen (secondary N) is 1. The van der Waals surface area contributed by atoms with Crippen LogP contribution in [0.15, 0.2) is 35.7 Å². The van der Waals surface area contributed by atoms with Crippen LogP contribution < -0.4 is 5.32 Å². The van der Waals surface area contributed by atoms with Crippen molar-refractivity contribution in [1.82, 2.24) is 4.98 Å². The van der Waals surface area contributed by atoms with Crippen molar-refractivity contribution in [1.29, 1.82) is 0 Å². The highest BCUT2D eigenvalue weighted by Crippen LogP contribution is 2.16. The molecule has 1 aromatic heterocycles. The Morgan fingerprint density at radius 3 is 2.82 bits per heavy atom. The van der Waals surface area contributed by atoms with Gasteiger partial charge in [0.25, 0.3) is 0 Å². The summed E-state index contributed by atoms with van der Waals surface area (Å²) in [5.41, 5.74) is 2.18. The zero-order valence-corrected chi connectivity index (χ0v) is 10.7. The Morgan fingerprint density at radius 1 is 1.24 bits per heavy atom. The standard InChI is InChI=1S/C13H16N2OS/c1-2-14-13-15-12(10-17-13)9-16-8-11-6-4-3-5-7-11/h3-7,10H,2,8-9H2,1H3,(H,14,15). The van der Waals surface area contributed by atoms with Gasteiger partial charge in [-0.15, -0.1) is 11.3 Å². The van der Waals surface area contributed by atoms with Gasteiger partial charge in [-0.25, -0.2) is 4.98 Å². The molecular formula is C13H16N2OS. The van der Waals surface area contributed by atoms with Crippen molar-refractivity contribution in [3.63, 3.8) is 0 Å². The van der Waals surface area contributed by atoms with Gasteiger partial charge in [-0.2, -0.15) is 0 Å². The van der Waals surface area contributed by atoms with Crippen LogP contribution in [0.25, 0.3) is 0 Å². The zero-order valence-electron chi connectivity index (χ0n) is 9.85. The predicted molar refractivity (Wildman–Crippen MR) is 71.2 cm³/mol.